The van der Waals surface area contributed by atoms with Crippen LogP contribution in [0.5, 0.6) is 0 Å². The van der Waals surface area contributed by atoms with Gasteiger partial charge in [-0.1, -0.05) is 18.2 Å². The van der Waals surface area contributed by atoms with Gasteiger partial charge in [0.25, 0.3) is 5.91 Å². The van der Waals surface area contributed by atoms with E-state index in [-0.39, 0.29) is 37.4 Å². The lowest BCUT2D eigenvalue weighted by Crippen LogP contribution is -2.50. The van der Waals surface area contributed by atoms with Crippen molar-refractivity contribution in [3.8, 4) is 0 Å². The molecule has 1 spiro atoms. The molecule has 0 saturated carbocycles. The van der Waals surface area contributed by atoms with Crippen LogP contribution in [0.15, 0.2) is 18.2 Å². The van der Waals surface area contributed by atoms with Gasteiger partial charge >= 0.3 is 6.18 Å². The number of hydrogen-bond donors (Lipinski definition) is 2. The van der Waals surface area contributed by atoms with Crippen molar-refractivity contribution in [3.05, 3.63) is 46.1 Å². The zero-order chi connectivity index (χ0) is 27.7. The number of amides is 2. The average molecular weight is 561 g/mol. The van der Waals surface area contributed by atoms with Crippen LogP contribution in [0.1, 0.15) is 52.0 Å². The summed E-state index contributed by atoms with van der Waals surface area (Å²) in [5.74, 6) is -2.08. The minimum absolute atomic E-state index is 0.0435. The number of benzene rings is 1. The summed E-state index contributed by atoms with van der Waals surface area (Å²) in [6.07, 6.45) is -2.73. The standard InChI is InChI=1S/C24H28F4N4O5S/c1-38(35,36)13-19(33)29-21-20-18(31-32(21)9-2-10-37-14-25)12-23(30-22(20)34)7-6-16-11-15(3-4-17(16)23)5-8-24(26,27)28/h3-4,11H,2,5-10,12-14H2,1H3,(H,29,33)(H,30,34)/t23-/m0/s1. The third kappa shape index (κ3) is 6.34. The summed E-state index contributed by atoms with van der Waals surface area (Å²) in [5.41, 5.74) is 1.92. The van der Waals surface area contributed by atoms with Crippen molar-refractivity contribution in [1.82, 2.24) is 15.1 Å². The first kappa shape index (κ1) is 28.0. The summed E-state index contributed by atoms with van der Waals surface area (Å²) in [7, 11) is -3.63. The first-order valence-electron chi connectivity index (χ1n) is 12.0. The second-order valence-corrected chi connectivity index (χ2v) is 11.8. The van der Waals surface area contributed by atoms with Crippen LogP contribution in [0.25, 0.3) is 0 Å². The predicted octanol–water partition coefficient (Wildman–Crippen LogP) is 2.82. The quantitative estimate of drug-likeness (QED) is 0.341. The molecule has 14 heteroatoms. The molecule has 4 rings (SSSR count). The van der Waals surface area contributed by atoms with E-state index in [0.717, 1.165) is 17.4 Å². The fraction of sp³-hybridized carbons (Fsp3) is 0.542. The van der Waals surface area contributed by atoms with Crippen LogP contribution < -0.4 is 10.6 Å². The van der Waals surface area contributed by atoms with E-state index in [1.807, 2.05) is 0 Å². The van der Waals surface area contributed by atoms with Crippen molar-refractivity contribution in [2.75, 3.05) is 30.8 Å². The Labute approximate surface area is 216 Å². The zero-order valence-electron chi connectivity index (χ0n) is 20.7. The maximum absolute atomic E-state index is 13.4. The van der Waals surface area contributed by atoms with E-state index < -0.39 is 52.4 Å². The van der Waals surface area contributed by atoms with E-state index >= 15 is 0 Å². The Morgan fingerprint density at radius 2 is 2.08 bits per heavy atom. The lowest BCUT2D eigenvalue weighted by molar-refractivity contribution is -0.134. The van der Waals surface area contributed by atoms with Crippen molar-refractivity contribution in [2.45, 2.75) is 56.8 Å². The molecule has 2 aliphatic rings. The molecular formula is C24H28F4N4O5S. The molecule has 208 valence electrons. The van der Waals surface area contributed by atoms with E-state index in [0.29, 0.717) is 30.5 Å². The summed E-state index contributed by atoms with van der Waals surface area (Å²) >= 11 is 0. The van der Waals surface area contributed by atoms with Crippen LogP contribution in [0, 0.1) is 0 Å². The number of hydrogen-bond acceptors (Lipinski definition) is 6. The number of carbonyl (C=O) groups is 2. The summed E-state index contributed by atoms with van der Waals surface area (Å²) < 4.78 is 79.5. The van der Waals surface area contributed by atoms with Gasteiger partial charge in [0.2, 0.25) is 5.91 Å². The van der Waals surface area contributed by atoms with E-state index in [9.17, 15) is 35.6 Å². The Morgan fingerprint density at radius 3 is 2.76 bits per heavy atom. The Hall–Kier alpha value is -3.00. The van der Waals surface area contributed by atoms with Gasteiger partial charge in [0.1, 0.15) is 17.1 Å². The van der Waals surface area contributed by atoms with Crippen molar-refractivity contribution < 1.29 is 40.3 Å². The number of rotatable bonds is 10. The highest BCUT2D eigenvalue weighted by Crippen LogP contribution is 2.44. The highest BCUT2D eigenvalue weighted by atomic mass is 32.2. The van der Waals surface area contributed by atoms with Gasteiger partial charge in [0.15, 0.2) is 16.7 Å². The molecule has 1 aromatic heterocycles. The van der Waals surface area contributed by atoms with Crippen LogP contribution in [-0.4, -0.2) is 61.7 Å². The topological polar surface area (TPSA) is 119 Å². The normalized spacial score (nSPS) is 18.8. The van der Waals surface area contributed by atoms with Gasteiger partial charge in [0, 0.05) is 25.6 Å². The SMILES string of the molecule is CS(=O)(=O)CC(=O)Nc1c2c(nn1CCCOCF)C[C@]1(CCc3cc(CCC(F)(F)F)ccc31)NC2=O. The van der Waals surface area contributed by atoms with Crippen molar-refractivity contribution in [1.29, 1.82) is 0 Å². The number of ether oxygens (including phenoxy) is 1. The summed E-state index contributed by atoms with van der Waals surface area (Å²) in [6, 6.07) is 5.14. The minimum Gasteiger partial charge on any atom is -0.350 e. The average Bonchev–Trinajstić information content (AvgIpc) is 3.31. The number of nitrogens with one attached hydrogen (secondary N) is 2. The lowest BCUT2D eigenvalue weighted by atomic mass is 9.82. The summed E-state index contributed by atoms with van der Waals surface area (Å²) in [4.78, 5) is 25.8. The fourth-order valence-corrected chi connectivity index (χ4v) is 5.66. The Kier molecular flexibility index (Phi) is 7.84. The summed E-state index contributed by atoms with van der Waals surface area (Å²) in [6.45, 7) is -0.728. The third-order valence-corrected chi connectivity index (χ3v) is 7.45. The first-order chi connectivity index (χ1) is 17.8. The lowest BCUT2D eigenvalue weighted by Gasteiger charge is -2.35. The van der Waals surface area contributed by atoms with Crippen LogP contribution in [0.2, 0.25) is 0 Å². The molecule has 0 bridgehead atoms. The molecule has 1 aliphatic heterocycles. The number of anilines is 1. The molecule has 0 fully saturated rings. The monoisotopic (exact) mass is 560 g/mol. The van der Waals surface area contributed by atoms with E-state index in [2.05, 4.69) is 15.7 Å². The highest BCUT2D eigenvalue weighted by molar-refractivity contribution is 7.91. The van der Waals surface area contributed by atoms with Gasteiger partial charge in [-0.25, -0.2) is 17.5 Å². The second-order valence-electron chi connectivity index (χ2n) is 9.70. The molecule has 2 heterocycles. The Balaban J connectivity index is 1.63. The van der Waals surface area contributed by atoms with Crippen molar-refractivity contribution in [3.63, 3.8) is 0 Å². The summed E-state index contributed by atoms with van der Waals surface area (Å²) in [5, 5.41) is 10.0. The van der Waals surface area contributed by atoms with E-state index in [1.165, 1.54) is 4.68 Å². The first-order valence-corrected chi connectivity index (χ1v) is 14.1. The smallest absolute Gasteiger partial charge is 0.350 e. The number of aryl methyl sites for hydroxylation is 3. The maximum Gasteiger partial charge on any atom is 0.389 e. The van der Waals surface area contributed by atoms with Crippen LogP contribution >= 0.6 is 0 Å². The van der Waals surface area contributed by atoms with Gasteiger partial charge in [-0.15, -0.1) is 0 Å². The molecule has 38 heavy (non-hydrogen) atoms. The molecule has 0 radical (unpaired) electrons. The second kappa shape index (κ2) is 10.6. The number of nitrogens with zero attached hydrogens (tertiary/aromatic N) is 2. The van der Waals surface area contributed by atoms with Gasteiger partial charge in [0.05, 0.1) is 17.8 Å². The van der Waals surface area contributed by atoms with Gasteiger partial charge in [-0.05, 0) is 42.4 Å². The predicted molar refractivity (Wildman–Crippen MR) is 129 cm³/mol. The minimum atomic E-state index is -4.25. The Morgan fingerprint density at radius 1 is 1.32 bits per heavy atom. The van der Waals surface area contributed by atoms with Gasteiger partial charge in [-0.2, -0.15) is 18.3 Å². The molecule has 2 amide bonds. The molecule has 9 nitrogen and oxygen atoms in total. The molecule has 1 aliphatic carbocycles. The number of halogens is 4. The maximum atomic E-state index is 13.4. The number of carbonyl (C=O) groups excluding carboxylic acids is 2. The largest absolute Gasteiger partial charge is 0.389 e. The van der Waals surface area contributed by atoms with Crippen LogP contribution in [0.4, 0.5) is 23.4 Å². The molecule has 2 N–H and O–H groups in total. The third-order valence-electron chi connectivity index (χ3n) is 6.66. The molecule has 1 atom stereocenters. The van der Waals surface area contributed by atoms with E-state index in [1.54, 1.807) is 18.2 Å². The van der Waals surface area contributed by atoms with Gasteiger partial charge < -0.3 is 15.4 Å². The highest BCUT2D eigenvalue weighted by Gasteiger charge is 2.46. The molecular weight excluding hydrogens is 532 g/mol. The molecule has 0 saturated heterocycles. The fourth-order valence-electron chi connectivity index (χ4n) is 5.11. The molecule has 2 aromatic rings. The van der Waals surface area contributed by atoms with Crippen molar-refractivity contribution in [2.24, 2.45) is 0 Å². The number of alkyl halides is 4. The molecule has 1 aromatic carbocycles. The van der Waals surface area contributed by atoms with Gasteiger partial charge in [-0.3, -0.25) is 9.59 Å². The number of sulfone groups is 1. The van der Waals surface area contributed by atoms with Crippen LogP contribution in [-0.2, 0) is 50.7 Å². The van der Waals surface area contributed by atoms with Crippen molar-refractivity contribution >= 4 is 27.5 Å². The number of aromatic nitrogens is 2. The zero-order valence-corrected chi connectivity index (χ0v) is 21.5. The van der Waals surface area contributed by atoms with E-state index in [4.69, 9.17) is 4.74 Å². The molecule has 0 unspecified atom stereocenters. The van der Waals surface area contributed by atoms with Crippen LogP contribution in [0.3, 0.4) is 0 Å². The Bertz CT molecular complexity index is 1340. The number of fused-ring (bicyclic) bond motifs is 3.